The largest absolute Gasteiger partial charge is 0.493 e. The molecule has 0 radical (unpaired) electrons. The van der Waals surface area contributed by atoms with Crippen molar-refractivity contribution in [1.29, 1.82) is 0 Å². The molecule has 17 heavy (non-hydrogen) atoms. The van der Waals surface area contributed by atoms with Crippen LogP contribution in [0.25, 0.3) is 0 Å². The van der Waals surface area contributed by atoms with Crippen molar-refractivity contribution in [3.8, 4) is 5.75 Å². The lowest BCUT2D eigenvalue weighted by atomic mass is 10.1. The maximum atomic E-state index is 6.14. The van der Waals surface area contributed by atoms with Gasteiger partial charge in [0.05, 0.1) is 6.61 Å². The van der Waals surface area contributed by atoms with Crippen molar-refractivity contribution in [1.82, 2.24) is 0 Å². The maximum absolute atomic E-state index is 6.14. The average molecular weight is 256 g/mol. The van der Waals surface area contributed by atoms with Gasteiger partial charge in [-0.25, -0.2) is 0 Å². The van der Waals surface area contributed by atoms with Gasteiger partial charge in [0.2, 0.25) is 0 Å². The minimum atomic E-state index is -0.0458. The summed E-state index contributed by atoms with van der Waals surface area (Å²) in [4.78, 5) is 0. The molecule has 3 heteroatoms. The first-order chi connectivity index (χ1) is 8.04. The second-order valence-corrected chi connectivity index (χ2v) is 5.08. The third-order valence-electron chi connectivity index (χ3n) is 2.78. The summed E-state index contributed by atoms with van der Waals surface area (Å²) in [6.07, 6.45) is 2.38. The lowest BCUT2D eigenvalue weighted by Crippen LogP contribution is -2.09. The predicted molar refractivity (Wildman–Crippen MR) is 73.6 cm³/mol. The van der Waals surface area contributed by atoms with E-state index >= 15 is 0 Å². The molecule has 0 spiro atoms. The highest BCUT2D eigenvalue weighted by Gasteiger charge is 2.07. The summed E-state index contributed by atoms with van der Waals surface area (Å²) in [5.74, 6) is 1.40. The molecule has 2 unspecified atom stereocenters. The van der Waals surface area contributed by atoms with Crippen LogP contribution in [0.15, 0.2) is 18.2 Å². The smallest absolute Gasteiger partial charge is 0.120 e. The van der Waals surface area contributed by atoms with E-state index < -0.39 is 0 Å². The molecular weight excluding hydrogens is 234 g/mol. The van der Waals surface area contributed by atoms with E-state index in [1.165, 1.54) is 12.8 Å². The Kier molecular flexibility index (Phi) is 5.79. The lowest BCUT2D eigenvalue weighted by Gasteiger charge is -2.14. The van der Waals surface area contributed by atoms with E-state index in [-0.39, 0.29) is 6.04 Å². The molecule has 0 fully saturated rings. The van der Waals surface area contributed by atoms with Gasteiger partial charge in [-0.2, -0.15) is 0 Å². The highest BCUT2D eigenvalue weighted by molar-refractivity contribution is 6.31. The molecule has 0 aliphatic heterocycles. The van der Waals surface area contributed by atoms with Gasteiger partial charge in [0.25, 0.3) is 0 Å². The van der Waals surface area contributed by atoms with E-state index in [9.17, 15) is 0 Å². The topological polar surface area (TPSA) is 35.2 Å². The molecule has 2 nitrogen and oxygen atoms in total. The minimum absolute atomic E-state index is 0.0458. The fourth-order valence-corrected chi connectivity index (χ4v) is 2.12. The zero-order chi connectivity index (χ0) is 12.8. The van der Waals surface area contributed by atoms with Crippen LogP contribution >= 0.6 is 11.6 Å². The number of halogens is 1. The second kappa shape index (κ2) is 6.87. The van der Waals surface area contributed by atoms with Crippen molar-refractivity contribution in [3.05, 3.63) is 28.8 Å². The molecule has 0 aliphatic rings. The number of nitrogens with two attached hydrogens (primary N) is 1. The molecule has 2 atom stereocenters. The Morgan fingerprint density at radius 1 is 1.35 bits per heavy atom. The van der Waals surface area contributed by atoms with Gasteiger partial charge >= 0.3 is 0 Å². The van der Waals surface area contributed by atoms with E-state index in [1.54, 1.807) is 0 Å². The van der Waals surface area contributed by atoms with Crippen molar-refractivity contribution in [2.75, 3.05) is 6.61 Å². The maximum Gasteiger partial charge on any atom is 0.120 e. The summed E-state index contributed by atoms with van der Waals surface area (Å²) >= 11 is 6.14. The fraction of sp³-hybridized carbons (Fsp3) is 0.571. The van der Waals surface area contributed by atoms with Gasteiger partial charge in [-0.05, 0) is 37.0 Å². The monoisotopic (exact) mass is 255 g/mol. The highest BCUT2D eigenvalue weighted by Crippen LogP contribution is 2.26. The van der Waals surface area contributed by atoms with Crippen LogP contribution in [0.3, 0.4) is 0 Å². The van der Waals surface area contributed by atoms with Crippen LogP contribution in [0.1, 0.15) is 45.2 Å². The van der Waals surface area contributed by atoms with Gasteiger partial charge in [-0.1, -0.05) is 37.9 Å². The number of hydrogen-bond acceptors (Lipinski definition) is 2. The Labute approximate surface area is 109 Å². The van der Waals surface area contributed by atoms with Crippen molar-refractivity contribution in [2.24, 2.45) is 11.7 Å². The second-order valence-electron chi connectivity index (χ2n) is 4.68. The summed E-state index contributed by atoms with van der Waals surface area (Å²) in [6.45, 7) is 7.04. The number of benzene rings is 1. The van der Waals surface area contributed by atoms with E-state index in [2.05, 4.69) is 13.8 Å². The van der Waals surface area contributed by atoms with Crippen LogP contribution in [0.2, 0.25) is 5.02 Å². The molecule has 0 heterocycles. The molecule has 0 amide bonds. The van der Waals surface area contributed by atoms with E-state index in [4.69, 9.17) is 22.1 Å². The SMILES string of the molecule is CCCC(C)COc1ccc(C(C)N)c(Cl)c1. The zero-order valence-electron chi connectivity index (χ0n) is 10.9. The molecule has 1 aromatic carbocycles. The molecule has 0 aromatic heterocycles. The van der Waals surface area contributed by atoms with E-state index in [1.807, 2.05) is 25.1 Å². The number of rotatable bonds is 6. The number of hydrogen-bond donors (Lipinski definition) is 1. The van der Waals surface area contributed by atoms with Crippen LogP contribution in [-0.2, 0) is 0 Å². The molecule has 2 N–H and O–H groups in total. The first kappa shape index (κ1) is 14.3. The standard InChI is InChI=1S/C14H22ClNO/c1-4-5-10(2)9-17-12-6-7-13(11(3)16)14(15)8-12/h6-8,10-11H,4-5,9,16H2,1-3H3. The predicted octanol–water partition coefficient (Wildman–Crippen LogP) is 4.17. The molecule has 1 aromatic rings. The normalized spacial score (nSPS) is 14.4. The van der Waals surface area contributed by atoms with Crippen LogP contribution in [0, 0.1) is 5.92 Å². The third kappa shape index (κ3) is 4.57. The molecular formula is C14H22ClNO. The summed E-state index contributed by atoms with van der Waals surface area (Å²) in [5.41, 5.74) is 6.76. The molecule has 1 rings (SSSR count). The first-order valence-electron chi connectivity index (χ1n) is 6.22. The van der Waals surface area contributed by atoms with Crippen molar-refractivity contribution in [2.45, 2.75) is 39.7 Å². The van der Waals surface area contributed by atoms with Crippen molar-refractivity contribution in [3.63, 3.8) is 0 Å². The van der Waals surface area contributed by atoms with Gasteiger partial charge in [0, 0.05) is 11.1 Å². The van der Waals surface area contributed by atoms with Gasteiger partial charge in [0.15, 0.2) is 0 Å². The van der Waals surface area contributed by atoms with Crippen molar-refractivity contribution >= 4 is 11.6 Å². The Balaban J connectivity index is 2.58. The average Bonchev–Trinajstić information content (AvgIpc) is 2.26. The van der Waals surface area contributed by atoms with Crippen LogP contribution < -0.4 is 10.5 Å². The Hall–Kier alpha value is -0.730. The van der Waals surface area contributed by atoms with Gasteiger partial charge in [-0.3, -0.25) is 0 Å². The minimum Gasteiger partial charge on any atom is -0.493 e. The highest BCUT2D eigenvalue weighted by atomic mass is 35.5. The van der Waals surface area contributed by atoms with Crippen LogP contribution in [0.4, 0.5) is 0 Å². The quantitative estimate of drug-likeness (QED) is 0.828. The van der Waals surface area contributed by atoms with E-state index in [0.29, 0.717) is 10.9 Å². The Morgan fingerprint density at radius 3 is 2.59 bits per heavy atom. The van der Waals surface area contributed by atoms with Gasteiger partial charge in [-0.15, -0.1) is 0 Å². The third-order valence-corrected chi connectivity index (χ3v) is 3.11. The Morgan fingerprint density at radius 2 is 2.06 bits per heavy atom. The van der Waals surface area contributed by atoms with Gasteiger partial charge < -0.3 is 10.5 Å². The van der Waals surface area contributed by atoms with Crippen LogP contribution in [0.5, 0.6) is 5.75 Å². The zero-order valence-corrected chi connectivity index (χ0v) is 11.6. The summed E-state index contributed by atoms with van der Waals surface area (Å²) < 4.78 is 5.71. The molecule has 0 saturated carbocycles. The van der Waals surface area contributed by atoms with Crippen LogP contribution in [-0.4, -0.2) is 6.61 Å². The lowest BCUT2D eigenvalue weighted by molar-refractivity contribution is 0.251. The summed E-state index contributed by atoms with van der Waals surface area (Å²) in [7, 11) is 0. The van der Waals surface area contributed by atoms with Gasteiger partial charge in [0.1, 0.15) is 5.75 Å². The molecule has 96 valence electrons. The van der Waals surface area contributed by atoms with E-state index in [0.717, 1.165) is 17.9 Å². The molecule has 0 aliphatic carbocycles. The van der Waals surface area contributed by atoms with Crippen molar-refractivity contribution < 1.29 is 4.74 Å². The summed E-state index contributed by atoms with van der Waals surface area (Å²) in [5, 5.41) is 0.681. The fourth-order valence-electron chi connectivity index (χ4n) is 1.78. The Bertz CT molecular complexity index is 352. The first-order valence-corrected chi connectivity index (χ1v) is 6.60. The number of ether oxygens (including phenoxy) is 1. The summed E-state index contributed by atoms with van der Waals surface area (Å²) in [6, 6.07) is 5.67. The molecule has 0 saturated heterocycles. The molecule has 0 bridgehead atoms.